The molecule has 0 aromatic rings. The molecule has 0 amide bonds. The van der Waals surface area contributed by atoms with Crippen LogP contribution in [0.25, 0.3) is 0 Å². The summed E-state index contributed by atoms with van der Waals surface area (Å²) in [5.41, 5.74) is 1.17. The number of carboxylic acid groups (broad SMARTS) is 1. The van der Waals surface area contributed by atoms with Gasteiger partial charge in [-0.15, -0.1) is 0 Å². The Bertz CT molecular complexity index is 275. The van der Waals surface area contributed by atoms with Gasteiger partial charge in [0, 0.05) is 5.92 Å². The molecule has 2 saturated carbocycles. The van der Waals surface area contributed by atoms with Gasteiger partial charge in [-0.1, -0.05) is 11.6 Å². The fourth-order valence-corrected chi connectivity index (χ4v) is 2.71. The smallest absolute Gasteiger partial charge is 0.306 e. The van der Waals surface area contributed by atoms with Gasteiger partial charge in [0.05, 0.1) is 12.1 Å². The van der Waals surface area contributed by atoms with E-state index in [1.165, 1.54) is 31.4 Å². The Morgan fingerprint density at radius 1 is 1.47 bits per heavy atom. The van der Waals surface area contributed by atoms with Gasteiger partial charge in [-0.3, -0.25) is 4.79 Å². The number of nitrogens with zero attached hydrogens (tertiary/aromatic N) is 1. The van der Waals surface area contributed by atoms with E-state index >= 15 is 0 Å². The molecule has 0 unspecified atom stereocenters. The fourth-order valence-electron chi connectivity index (χ4n) is 2.71. The third kappa shape index (κ3) is 2.49. The predicted molar refractivity (Wildman–Crippen MR) is 55.7 cm³/mol. The molecule has 2 atom stereocenters. The molecule has 0 saturated heterocycles. The average Bonchev–Trinajstić information content (AvgIpc) is 2.74. The molecule has 0 aliphatic heterocycles. The molecule has 0 aromatic heterocycles. The number of carbonyl (C=O) groups is 1. The van der Waals surface area contributed by atoms with E-state index in [-0.39, 0.29) is 13.0 Å². The van der Waals surface area contributed by atoms with Gasteiger partial charge in [0.1, 0.15) is 6.61 Å². The van der Waals surface area contributed by atoms with E-state index in [0.717, 1.165) is 12.3 Å². The van der Waals surface area contributed by atoms with Gasteiger partial charge in [-0.2, -0.15) is 0 Å². The molecule has 2 aliphatic rings. The highest BCUT2D eigenvalue weighted by atomic mass is 16.6. The van der Waals surface area contributed by atoms with Crippen molar-refractivity contribution in [2.24, 2.45) is 17.0 Å². The van der Waals surface area contributed by atoms with E-state index in [1.807, 2.05) is 0 Å². The summed E-state index contributed by atoms with van der Waals surface area (Å²) < 4.78 is 0. The first-order valence-corrected chi connectivity index (χ1v) is 5.68. The van der Waals surface area contributed by atoms with Crippen molar-refractivity contribution in [3.05, 3.63) is 0 Å². The lowest BCUT2D eigenvalue weighted by Gasteiger charge is -2.08. The van der Waals surface area contributed by atoms with Crippen molar-refractivity contribution < 1.29 is 14.7 Å². The lowest BCUT2D eigenvalue weighted by atomic mass is 10.00. The molecular weight excluding hydrogens is 194 g/mol. The minimum atomic E-state index is -0.833. The van der Waals surface area contributed by atoms with Crippen LogP contribution in [0.4, 0.5) is 0 Å². The van der Waals surface area contributed by atoms with Crippen molar-refractivity contribution in [2.45, 2.75) is 38.5 Å². The quantitative estimate of drug-likeness (QED) is 0.572. The van der Waals surface area contributed by atoms with Crippen LogP contribution in [0.3, 0.4) is 0 Å². The predicted octanol–water partition coefficient (Wildman–Crippen LogP) is 2.04. The summed E-state index contributed by atoms with van der Waals surface area (Å²) in [6, 6.07) is 0. The number of aliphatic carboxylic acids is 1. The molecule has 0 bridgehead atoms. The van der Waals surface area contributed by atoms with Gasteiger partial charge in [-0.25, -0.2) is 0 Å². The van der Waals surface area contributed by atoms with Crippen LogP contribution in [0.15, 0.2) is 5.16 Å². The Hall–Kier alpha value is -1.06. The maximum absolute atomic E-state index is 10.2. The molecule has 0 heterocycles. The first-order chi connectivity index (χ1) is 7.27. The third-order valence-electron chi connectivity index (χ3n) is 3.45. The Balaban J connectivity index is 1.78. The van der Waals surface area contributed by atoms with Crippen molar-refractivity contribution in [1.82, 2.24) is 0 Å². The molecule has 2 aliphatic carbocycles. The van der Waals surface area contributed by atoms with E-state index in [9.17, 15) is 4.79 Å². The second kappa shape index (κ2) is 4.64. The van der Waals surface area contributed by atoms with Crippen LogP contribution in [0.5, 0.6) is 0 Å². The lowest BCUT2D eigenvalue weighted by molar-refractivity contribution is -0.138. The standard InChI is InChI=1S/C11H17NO3/c13-11(14)6-7-15-12-10-5-4-8-2-1-3-9(8)10/h8-9H,1-7H2,(H,13,14)/t8-,9-/m1/s1. The van der Waals surface area contributed by atoms with Crippen LogP contribution < -0.4 is 0 Å². The summed E-state index contributed by atoms with van der Waals surface area (Å²) in [7, 11) is 0. The number of carboxylic acids is 1. The van der Waals surface area contributed by atoms with Crippen LogP contribution in [0, 0.1) is 11.8 Å². The maximum atomic E-state index is 10.2. The van der Waals surface area contributed by atoms with Crippen molar-refractivity contribution in [3.63, 3.8) is 0 Å². The Kier molecular flexibility index (Phi) is 3.23. The topological polar surface area (TPSA) is 58.9 Å². The number of oxime groups is 1. The molecule has 0 aromatic carbocycles. The van der Waals surface area contributed by atoms with Crippen molar-refractivity contribution >= 4 is 11.7 Å². The van der Waals surface area contributed by atoms with E-state index in [2.05, 4.69) is 5.16 Å². The van der Waals surface area contributed by atoms with E-state index in [1.54, 1.807) is 0 Å². The first kappa shape index (κ1) is 10.5. The third-order valence-corrected chi connectivity index (χ3v) is 3.45. The van der Waals surface area contributed by atoms with E-state index < -0.39 is 5.97 Å². The van der Waals surface area contributed by atoms with Gasteiger partial charge >= 0.3 is 5.97 Å². The van der Waals surface area contributed by atoms with E-state index in [0.29, 0.717) is 5.92 Å². The number of rotatable bonds is 4. The molecular formula is C11H17NO3. The van der Waals surface area contributed by atoms with Crippen LogP contribution in [0.2, 0.25) is 0 Å². The summed E-state index contributed by atoms with van der Waals surface area (Å²) in [5.74, 6) is 0.627. The summed E-state index contributed by atoms with van der Waals surface area (Å²) in [6.45, 7) is 0.191. The van der Waals surface area contributed by atoms with Gasteiger partial charge in [0.25, 0.3) is 0 Å². The maximum Gasteiger partial charge on any atom is 0.306 e. The number of hydrogen-bond acceptors (Lipinski definition) is 3. The van der Waals surface area contributed by atoms with Gasteiger partial charge < -0.3 is 9.94 Å². The SMILES string of the molecule is O=C(O)CCON=C1CC[C@H]2CCC[C@@H]12. The highest BCUT2D eigenvalue weighted by Gasteiger charge is 2.36. The number of fused-ring (bicyclic) bond motifs is 1. The molecule has 84 valence electrons. The minimum Gasteiger partial charge on any atom is -0.481 e. The first-order valence-electron chi connectivity index (χ1n) is 5.68. The van der Waals surface area contributed by atoms with Crippen molar-refractivity contribution in [3.8, 4) is 0 Å². The molecule has 2 fully saturated rings. The second-order valence-electron chi connectivity index (χ2n) is 4.40. The molecule has 1 N–H and O–H groups in total. The highest BCUT2D eigenvalue weighted by Crippen LogP contribution is 2.42. The van der Waals surface area contributed by atoms with Crippen LogP contribution in [0.1, 0.15) is 38.5 Å². The Labute approximate surface area is 89.3 Å². The largest absolute Gasteiger partial charge is 0.481 e. The lowest BCUT2D eigenvalue weighted by Crippen LogP contribution is -2.09. The molecule has 0 radical (unpaired) electrons. The minimum absolute atomic E-state index is 0.0326. The fraction of sp³-hybridized carbons (Fsp3) is 0.818. The summed E-state index contributed by atoms with van der Waals surface area (Å²) in [5, 5.41) is 12.5. The van der Waals surface area contributed by atoms with Crippen molar-refractivity contribution in [1.29, 1.82) is 0 Å². The summed E-state index contributed by atoms with van der Waals surface area (Å²) >= 11 is 0. The molecule has 4 heteroatoms. The zero-order valence-corrected chi connectivity index (χ0v) is 8.82. The van der Waals surface area contributed by atoms with Crippen LogP contribution in [-0.2, 0) is 9.63 Å². The van der Waals surface area contributed by atoms with E-state index in [4.69, 9.17) is 9.94 Å². The Morgan fingerprint density at radius 3 is 3.13 bits per heavy atom. The van der Waals surface area contributed by atoms with Gasteiger partial charge in [-0.05, 0) is 31.6 Å². The monoisotopic (exact) mass is 211 g/mol. The summed E-state index contributed by atoms with van der Waals surface area (Å²) in [4.78, 5) is 15.3. The zero-order valence-electron chi connectivity index (χ0n) is 8.82. The molecule has 15 heavy (non-hydrogen) atoms. The van der Waals surface area contributed by atoms with Gasteiger partial charge in [0.2, 0.25) is 0 Å². The highest BCUT2D eigenvalue weighted by molar-refractivity contribution is 5.88. The van der Waals surface area contributed by atoms with Crippen LogP contribution >= 0.6 is 0 Å². The number of hydrogen-bond donors (Lipinski definition) is 1. The molecule has 4 nitrogen and oxygen atoms in total. The summed E-state index contributed by atoms with van der Waals surface area (Å²) in [6.07, 6.45) is 6.20. The van der Waals surface area contributed by atoms with Gasteiger partial charge in [0.15, 0.2) is 0 Å². The second-order valence-corrected chi connectivity index (χ2v) is 4.40. The molecule has 0 spiro atoms. The zero-order chi connectivity index (χ0) is 10.7. The normalized spacial score (nSPS) is 31.9. The van der Waals surface area contributed by atoms with Crippen molar-refractivity contribution in [2.75, 3.05) is 6.61 Å². The molecule has 2 rings (SSSR count). The van der Waals surface area contributed by atoms with Crippen LogP contribution in [-0.4, -0.2) is 23.4 Å². The average molecular weight is 211 g/mol. The Morgan fingerprint density at radius 2 is 2.33 bits per heavy atom.